The molecule has 1 N–H and O–H groups in total. The Labute approximate surface area is 126 Å². The molecule has 0 unspecified atom stereocenters. The van der Waals surface area contributed by atoms with Gasteiger partial charge in [0.05, 0.1) is 11.9 Å². The summed E-state index contributed by atoms with van der Waals surface area (Å²) in [6.07, 6.45) is 5.84. The molecule has 0 aromatic carbocycles. The van der Waals surface area contributed by atoms with Crippen molar-refractivity contribution < 1.29 is 4.79 Å². The van der Waals surface area contributed by atoms with Crippen molar-refractivity contribution in [1.82, 2.24) is 4.98 Å². The van der Waals surface area contributed by atoms with Crippen molar-refractivity contribution in [3.8, 4) is 0 Å². The SMILES string of the molecule is CC(C)(C)C1CCC(C(=O)Nc2ccc(Cl)nc2)CC1. The Bertz CT molecular complexity index is 456. The number of anilines is 1. The fraction of sp³-hybridized carbons (Fsp3) is 0.625. The minimum Gasteiger partial charge on any atom is -0.324 e. The molecule has 110 valence electrons. The van der Waals surface area contributed by atoms with Crippen molar-refractivity contribution >= 4 is 23.2 Å². The van der Waals surface area contributed by atoms with Gasteiger partial charge in [-0.25, -0.2) is 4.98 Å². The zero-order valence-electron chi connectivity index (χ0n) is 12.4. The minimum atomic E-state index is 0.112. The van der Waals surface area contributed by atoms with Gasteiger partial charge in [-0.15, -0.1) is 0 Å². The summed E-state index contributed by atoms with van der Waals surface area (Å²) < 4.78 is 0. The number of nitrogens with zero attached hydrogens (tertiary/aromatic N) is 1. The number of carbonyl (C=O) groups excluding carboxylic acids is 1. The number of hydrogen-bond acceptors (Lipinski definition) is 2. The lowest BCUT2D eigenvalue weighted by atomic mass is 9.69. The first-order chi connectivity index (χ1) is 9.36. The van der Waals surface area contributed by atoms with Crippen molar-refractivity contribution in [2.45, 2.75) is 46.5 Å². The smallest absolute Gasteiger partial charge is 0.227 e. The first-order valence-electron chi connectivity index (χ1n) is 7.28. The Morgan fingerprint density at radius 2 is 1.90 bits per heavy atom. The predicted molar refractivity (Wildman–Crippen MR) is 82.8 cm³/mol. The van der Waals surface area contributed by atoms with E-state index in [9.17, 15) is 4.79 Å². The lowest BCUT2D eigenvalue weighted by molar-refractivity contribution is -0.121. The van der Waals surface area contributed by atoms with Crippen LogP contribution in [-0.4, -0.2) is 10.9 Å². The van der Waals surface area contributed by atoms with Crippen LogP contribution >= 0.6 is 11.6 Å². The Balaban J connectivity index is 1.87. The number of carbonyl (C=O) groups is 1. The van der Waals surface area contributed by atoms with Crippen LogP contribution in [-0.2, 0) is 4.79 Å². The van der Waals surface area contributed by atoms with Crippen molar-refractivity contribution in [3.05, 3.63) is 23.5 Å². The molecule has 1 heterocycles. The summed E-state index contributed by atoms with van der Waals surface area (Å²) in [4.78, 5) is 16.2. The van der Waals surface area contributed by atoms with Gasteiger partial charge in [-0.2, -0.15) is 0 Å². The van der Waals surface area contributed by atoms with Crippen LogP contribution in [0.15, 0.2) is 18.3 Å². The molecule has 4 heteroatoms. The van der Waals surface area contributed by atoms with Crippen molar-refractivity contribution in [1.29, 1.82) is 0 Å². The molecule has 0 atom stereocenters. The Morgan fingerprint density at radius 3 is 2.40 bits per heavy atom. The number of halogens is 1. The maximum absolute atomic E-state index is 12.2. The van der Waals surface area contributed by atoms with E-state index in [1.807, 2.05) is 0 Å². The van der Waals surface area contributed by atoms with E-state index in [4.69, 9.17) is 11.6 Å². The fourth-order valence-electron chi connectivity index (χ4n) is 2.92. The van der Waals surface area contributed by atoms with Gasteiger partial charge in [0.15, 0.2) is 0 Å². The van der Waals surface area contributed by atoms with Crippen molar-refractivity contribution in [2.24, 2.45) is 17.3 Å². The van der Waals surface area contributed by atoms with Gasteiger partial charge in [0, 0.05) is 5.92 Å². The number of hydrogen-bond donors (Lipinski definition) is 1. The van der Waals surface area contributed by atoms with E-state index >= 15 is 0 Å². The van der Waals surface area contributed by atoms with Crippen molar-refractivity contribution in [3.63, 3.8) is 0 Å². The van der Waals surface area contributed by atoms with E-state index in [1.54, 1.807) is 18.3 Å². The lowest BCUT2D eigenvalue weighted by Crippen LogP contribution is -2.31. The molecule has 2 rings (SSSR count). The van der Waals surface area contributed by atoms with Crippen LogP contribution in [0.1, 0.15) is 46.5 Å². The van der Waals surface area contributed by atoms with Gasteiger partial charge >= 0.3 is 0 Å². The monoisotopic (exact) mass is 294 g/mol. The van der Waals surface area contributed by atoms with Gasteiger partial charge in [0.2, 0.25) is 5.91 Å². The molecule has 1 saturated carbocycles. The second-order valence-electron chi connectivity index (χ2n) is 6.77. The predicted octanol–water partition coefficient (Wildman–Crippen LogP) is 4.53. The Kier molecular flexibility index (Phi) is 4.69. The van der Waals surface area contributed by atoms with Gasteiger partial charge in [0.1, 0.15) is 5.15 Å². The topological polar surface area (TPSA) is 42.0 Å². The molecule has 20 heavy (non-hydrogen) atoms. The summed E-state index contributed by atoms with van der Waals surface area (Å²) in [5.41, 5.74) is 1.07. The standard InChI is InChI=1S/C16H23ClN2O/c1-16(2,3)12-6-4-11(5-7-12)15(20)19-13-8-9-14(17)18-10-13/h8-12H,4-7H2,1-3H3,(H,19,20). The van der Waals surface area contributed by atoms with Crippen molar-refractivity contribution in [2.75, 3.05) is 5.32 Å². The Hall–Kier alpha value is -1.09. The molecule has 0 spiro atoms. The summed E-state index contributed by atoms with van der Waals surface area (Å²) >= 11 is 5.73. The maximum Gasteiger partial charge on any atom is 0.227 e. The van der Waals surface area contributed by atoms with E-state index in [2.05, 4.69) is 31.1 Å². The van der Waals surface area contributed by atoms with E-state index in [1.165, 1.54) is 0 Å². The third kappa shape index (κ3) is 3.95. The van der Waals surface area contributed by atoms with Gasteiger partial charge in [0.25, 0.3) is 0 Å². The van der Waals surface area contributed by atoms with E-state index < -0.39 is 0 Å². The van der Waals surface area contributed by atoms with Crippen LogP contribution in [0.3, 0.4) is 0 Å². The van der Waals surface area contributed by atoms with Crippen LogP contribution in [0.4, 0.5) is 5.69 Å². The molecule has 0 saturated heterocycles. The second-order valence-corrected chi connectivity index (χ2v) is 7.16. The van der Waals surface area contributed by atoms with E-state index in [0.717, 1.165) is 37.3 Å². The molecule has 1 fully saturated rings. The third-order valence-corrected chi connectivity index (χ3v) is 4.54. The average Bonchev–Trinajstić information content (AvgIpc) is 2.40. The molecule has 1 aliphatic rings. The summed E-state index contributed by atoms with van der Waals surface area (Å²) in [6.45, 7) is 6.87. The fourth-order valence-corrected chi connectivity index (χ4v) is 3.03. The first kappa shape index (κ1) is 15.3. The molecule has 0 aliphatic heterocycles. The molecule has 1 amide bonds. The maximum atomic E-state index is 12.2. The van der Waals surface area contributed by atoms with Crippen LogP contribution in [0.25, 0.3) is 0 Å². The number of amides is 1. The Morgan fingerprint density at radius 1 is 1.25 bits per heavy atom. The van der Waals surface area contributed by atoms with Gasteiger partial charge in [-0.3, -0.25) is 4.79 Å². The van der Waals surface area contributed by atoms with Crippen LogP contribution in [0, 0.1) is 17.3 Å². The van der Waals surface area contributed by atoms with Gasteiger partial charge < -0.3 is 5.32 Å². The van der Waals surface area contributed by atoms with Crippen LogP contribution in [0.5, 0.6) is 0 Å². The van der Waals surface area contributed by atoms with E-state index in [-0.39, 0.29) is 11.8 Å². The number of nitrogens with one attached hydrogen (secondary N) is 1. The molecular formula is C16H23ClN2O. The average molecular weight is 295 g/mol. The van der Waals surface area contributed by atoms with Crippen LogP contribution < -0.4 is 5.32 Å². The lowest BCUT2D eigenvalue weighted by Gasteiger charge is -2.36. The molecular weight excluding hydrogens is 272 g/mol. The van der Waals surface area contributed by atoms with Gasteiger partial charge in [-0.1, -0.05) is 32.4 Å². The number of aromatic nitrogens is 1. The largest absolute Gasteiger partial charge is 0.324 e. The minimum absolute atomic E-state index is 0.112. The van der Waals surface area contributed by atoms with Crippen LogP contribution in [0.2, 0.25) is 5.15 Å². The first-order valence-corrected chi connectivity index (χ1v) is 7.66. The summed E-state index contributed by atoms with van der Waals surface area (Å²) in [6, 6.07) is 3.47. The molecule has 1 aliphatic carbocycles. The zero-order valence-corrected chi connectivity index (χ0v) is 13.2. The number of pyridine rings is 1. The molecule has 1 aromatic heterocycles. The second kappa shape index (κ2) is 6.13. The molecule has 0 bridgehead atoms. The summed E-state index contributed by atoms with van der Waals surface area (Å²) in [5.74, 6) is 0.967. The van der Waals surface area contributed by atoms with Gasteiger partial charge in [-0.05, 0) is 49.1 Å². The normalized spacial score (nSPS) is 23.4. The highest BCUT2D eigenvalue weighted by Crippen LogP contribution is 2.40. The molecule has 1 aromatic rings. The highest BCUT2D eigenvalue weighted by atomic mass is 35.5. The molecule has 3 nitrogen and oxygen atoms in total. The molecule has 0 radical (unpaired) electrons. The highest BCUT2D eigenvalue weighted by molar-refractivity contribution is 6.29. The van der Waals surface area contributed by atoms with E-state index in [0.29, 0.717) is 10.6 Å². The number of rotatable bonds is 2. The zero-order chi connectivity index (χ0) is 14.8. The third-order valence-electron chi connectivity index (χ3n) is 4.32. The highest BCUT2D eigenvalue weighted by Gasteiger charge is 2.32. The quantitative estimate of drug-likeness (QED) is 0.815. The summed E-state index contributed by atoms with van der Waals surface area (Å²) in [5, 5.41) is 3.37. The summed E-state index contributed by atoms with van der Waals surface area (Å²) in [7, 11) is 0.